The van der Waals surface area contributed by atoms with E-state index < -0.39 is 9.84 Å². The Hall–Kier alpha value is -0.0900. The Morgan fingerprint density at radius 3 is 2.32 bits per heavy atom. The zero-order valence-corrected chi connectivity index (χ0v) is 13.6. The number of hydrogen-bond acceptors (Lipinski definition) is 3. The van der Waals surface area contributed by atoms with Gasteiger partial charge < -0.3 is 5.32 Å². The van der Waals surface area contributed by atoms with E-state index in [-0.39, 0.29) is 0 Å². The highest BCUT2D eigenvalue weighted by atomic mass is 32.2. The Labute approximate surface area is 119 Å². The molecule has 0 aromatic carbocycles. The highest BCUT2D eigenvalue weighted by Crippen LogP contribution is 2.33. The van der Waals surface area contributed by atoms with Crippen molar-refractivity contribution in [2.45, 2.75) is 65.3 Å². The molecule has 0 aromatic rings. The fourth-order valence-electron chi connectivity index (χ4n) is 3.06. The lowest BCUT2D eigenvalue weighted by Crippen LogP contribution is -2.33. The van der Waals surface area contributed by atoms with Crippen molar-refractivity contribution in [3.8, 4) is 0 Å². The van der Waals surface area contributed by atoms with Crippen LogP contribution in [-0.2, 0) is 9.84 Å². The second-order valence-electron chi connectivity index (χ2n) is 6.31. The Balaban J connectivity index is 2.48. The van der Waals surface area contributed by atoms with Crippen molar-refractivity contribution >= 4 is 9.84 Å². The molecule has 1 aliphatic rings. The maximum atomic E-state index is 11.9. The molecule has 0 amide bonds. The second kappa shape index (κ2) is 8.25. The Kier molecular flexibility index (Phi) is 7.37. The number of hydrogen-bond donors (Lipinski definition) is 1. The van der Waals surface area contributed by atoms with Gasteiger partial charge in [0.25, 0.3) is 0 Å². The summed E-state index contributed by atoms with van der Waals surface area (Å²) in [7, 11) is -2.82. The molecule has 1 rings (SSSR count). The third-order valence-electron chi connectivity index (χ3n) is 4.17. The topological polar surface area (TPSA) is 46.2 Å². The third-order valence-corrected chi connectivity index (χ3v) is 6.06. The molecule has 0 heterocycles. The van der Waals surface area contributed by atoms with E-state index in [4.69, 9.17) is 0 Å². The zero-order chi connectivity index (χ0) is 14.3. The highest BCUT2D eigenvalue weighted by molar-refractivity contribution is 7.91. The fraction of sp³-hybridized carbons (Fsp3) is 1.00. The van der Waals surface area contributed by atoms with Gasteiger partial charge in [-0.2, -0.15) is 0 Å². The molecule has 0 bridgehead atoms. The van der Waals surface area contributed by atoms with Gasteiger partial charge in [0.1, 0.15) is 9.84 Å². The molecule has 1 fully saturated rings. The molecule has 0 aromatic heterocycles. The lowest BCUT2D eigenvalue weighted by atomic mass is 9.88. The van der Waals surface area contributed by atoms with Crippen molar-refractivity contribution in [3.63, 3.8) is 0 Å². The van der Waals surface area contributed by atoms with Gasteiger partial charge in [0.05, 0.1) is 5.75 Å². The Morgan fingerprint density at radius 2 is 1.79 bits per heavy atom. The van der Waals surface area contributed by atoms with Crippen LogP contribution in [0.4, 0.5) is 0 Å². The van der Waals surface area contributed by atoms with Crippen LogP contribution in [0.3, 0.4) is 0 Å². The van der Waals surface area contributed by atoms with Gasteiger partial charge in [-0.05, 0) is 31.2 Å². The van der Waals surface area contributed by atoms with E-state index in [9.17, 15) is 8.42 Å². The summed E-state index contributed by atoms with van der Waals surface area (Å²) in [6, 6.07) is 0.483. The molecule has 1 unspecified atom stereocenters. The molecule has 1 atom stereocenters. The van der Waals surface area contributed by atoms with E-state index in [0.717, 1.165) is 25.3 Å². The lowest BCUT2D eigenvalue weighted by Gasteiger charge is -2.25. The molecule has 1 N–H and O–H groups in total. The lowest BCUT2D eigenvalue weighted by molar-refractivity contribution is 0.307. The van der Waals surface area contributed by atoms with Crippen LogP contribution in [0.5, 0.6) is 0 Å². The predicted molar refractivity (Wildman–Crippen MR) is 82.1 cm³/mol. The molecule has 1 saturated carbocycles. The summed E-state index contributed by atoms with van der Waals surface area (Å²) >= 11 is 0. The minimum absolute atomic E-state index is 0.349. The van der Waals surface area contributed by atoms with Crippen LogP contribution < -0.4 is 5.32 Å². The van der Waals surface area contributed by atoms with E-state index in [1.54, 1.807) is 0 Å². The van der Waals surface area contributed by atoms with Crippen LogP contribution in [0.1, 0.15) is 59.3 Å². The quantitative estimate of drug-likeness (QED) is 0.710. The molecule has 1 aliphatic carbocycles. The summed E-state index contributed by atoms with van der Waals surface area (Å²) in [5.41, 5.74) is 0. The van der Waals surface area contributed by atoms with E-state index in [1.165, 1.54) is 25.7 Å². The summed E-state index contributed by atoms with van der Waals surface area (Å²) in [6.45, 7) is 7.22. The second-order valence-corrected chi connectivity index (χ2v) is 8.61. The molecule has 0 saturated heterocycles. The van der Waals surface area contributed by atoms with Gasteiger partial charge in [-0.1, -0.05) is 46.5 Å². The normalized spacial score (nSPS) is 19.2. The smallest absolute Gasteiger partial charge is 0.150 e. The van der Waals surface area contributed by atoms with Crippen molar-refractivity contribution in [3.05, 3.63) is 0 Å². The Bertz CT molecular complexity index is 332. The maximum Gasteiger partial charge on any atom is 0.150 e. The first-order valence-electron chi connectivity index (χ1n) is 7.88. The van der Waals surface area contributed by atoms with Gasteiger partial charge in [-0.25, -0.2) is 8.42 Å². The third kappa shape index (κ3) is 6.75. The molecule has 4 heteroatoms. The maximum absolute atomic E-state index is 11.9. The standard InChI is InChI=1S/C15H31NO2S/c1-4-10-19(17,18)11-9-15(12-16-13(2)3)14-7-5-6-8-14/h13-16H,4-12H2,1-3H3. The van der Waals surface area contributed by atoms with Crippen LogP contribution in [0, 0.1) is 11.8 Å². The first-order chi connectivity index (χ1) is 8.94. The number of rotatable bonds is 9. The first-order valence-corrected chi connectivity index (χ1v) is 9.70. The summed E-state index contributed by atoms with van der Waals surface area (Å²) in [4.78, 5) is 0. The van der Waals surface area contributed by atoms with E-state index in [2.05, 4.69) is 19.2 Å². The molecule has 0 radical (unpaired) electrons. The molecule has 0 spiro atoms. The van der Waals surface area contributed by atoms with Gasteiger partial charge in [0.2, 0.25) is 0 Å². The zero-order valence-electron chi connectivity index (χ0n) is 12.8. The van der Waals surface area contributed by atoms with Crippen LogP contribution >= 0.6 is 0 Å². The number of sulfone groups is 1. The van der Waals surface area contributed by atoms with Crippen molar-refractivity contribution < 1.29 is 8.42 Å². The molecule has 19 heavy (non-hydrogen) atoms. The minimum atomic E-state index is -2.82. The molecule has 114 valence electrons. The van der Waals surface area contributed by atoms with Crippen molar-refractivity contribution in [1.82, 2.24) is 5.32 Å². The van der Waals surface area contributed by atoms with Gasteiger partial charge in [0.15, 0.2) is 0 Å². The van der Waals surface area contributed by atoms with E-state index in [0.29, 0.717) is 23.5 Å². The Morgan fingerprint density at radius 1 is 1.16 bits per heavy atom. The van der Waals surface area contributed by atoms with Crippen molar-refractivity contribution in [2.24, 2.45) is 11.8 Å². The SMILES string of the molecule is CCCS(=O)(=O)CCC(CNC(C)C)C1CCCC1. The molecular formula is C15H31NO2S. The summed E-state index contributed by atoms with van der Waals surface area (Å²) in [6.07, 6.45) is 6.80. The predicted octanol–water partition coefficient (Wildman–Crippen LogP) is 3.01. The van der Waals surface area contributed by atoms with Gasteiger partial charge in [0, 0.05) is 11.8 Å². The summed E-state index contributed by atoms with van der Waals surface area (Å²) in [5, 5.41) is 3.50. The van der Waals surface area contributed by atoms with Crippen molar-refractivity contribution in [1.29, 1.82) is 0 Å². The molecule has 3 nitrogen and oxygen atoms in total. The largest absolute Gasteiger partial charge is 0.314 e. The van der Waals surface area contributed by atoms with E-state index >= 15 is 0 Å². The minimum Gasteiger partial charge on any atom is -0.314 e. The molecular weight excluding hydrogens is 258 g/mol. The van der Waals surface area contributed by atoms with Gasteiger partial charge in [-0.15, -0.1) is 0 Å². The molecule has 0 aliphatic heterocycles. The van der Waals surface area contributed by atoms with Crippen LogP contribution in [-0.4, -0.2) is 32.5 Å². The van der Waals surface area contributed by atoms with Crippen LogP contribution in [0.25, 0.3) is 0 Å². The van der Waals surface area contributed by atoms with Gasteiger partial charge >= 0.3 is 0 Å². The average Bonchev–Trinajstić information content (AvgIpc) is 2.82. The number of nitrogens with one attached hydrogen (secondary N) is 1. The van der Waals surface area contributed by atoms with E-state index in [1.807, 2.05) is 6.92 Å². The van der Waals surface area contributed by atoms with Crippen LogP contribution in [0.15, 0.2) is 0 Å². The fourth-order valence-corrected chi connectivity index (χ4v) is 4.55. The van der Waals surface area contributed by atoms with Crippen LogP contribution in [0.2, 0.25) is 0 Å². The first kappa shape index (κ1) is 17.0. The monoisotopic (exact) mass is 289 g/mol. The average molecular weight is 289 g/mol. The van der Waals surface area contributed by atoms with Crippen molar-refractivity contribution in [2.75, 3.05) is 18.1 Å². The highest BCUT2D eigenvalue weighted by Gasteiger charge is 2.26. The summed E-state index contributed by atoms with van der Waals surface area (Å²) < 4.78 is 23.7. The summed E-state index contributed by atoms with van der Waals surface area (Å²) in [5.74, 6) is 2.00. The van der Waals surface area contributed by atoms with Gasteiger partial charge in [-0.3, -0.25) is 0 Å².